The number of rotatable bonds is 24. The SMILES string of the molecule is C#CCOC[C@H](NC(=O)CCCCCCCCCCC)C(=O)N[C@H](CCC(=O)OCc1ccccc1)C(=O)OCc1ccccc1. The maximum Gasteiger partial charge on any atom is 0.328 e. The summed E-state index contributed by atoms with van der Waals surface area (Å²) in [6.45, 7) is 2.06. The molecule has 0 saturated heterocycles. The van der Waals surface area contributed by atoms with Crippen molar-refractivity contribution in [2.45, 2.75) is 109 Å². The van der Waals surface area contributed by atoms with Crippen molar-refractivity contribution in [3.63, 3.8) is 0 Å². The molecule has 0 unspecified atom stereocenters. The number of hydrogen-bond donors (Lipinski definition) is 2. The normalized spacial score (nSPS) is 11.9. The van der Waals surface area contributed by atoms with E-state index >= 15 is 0 Å². The molecule has 0 aliphatic rings. The lowest BCUT2D eigenvalue weighted by Gasteiger charge is -2.22. The molecule has 0 aliphatic carbocycles. The summed E-state index contributed by atoms with van der Waals surface area (Å²) in [7, 11) is 0. The number of benzene rings is 2. The summed E-state index contributed by atoms with van der Waals surface area (Å²) in [4.78, 5) is 51.7. The highest BCUT2D eigenvalue weighted by Gasteiger charge is 2.28. The molecule has 2 amide bonds. The van der Waals surface area contributed by atoms with Crippen LogP contribution in [0.15, 0.2) is 60.7 Å². The van der Waals surface area contributed by atoms with Gasteiger partial charge in [0.2, 0.25) is 11.8 Å². The third-order valence-electron chi connectivity index (χ3n) is 7.33. The standard InChI is InChI=1S/C37H50N2O7/c1-3-5-6-7-8-9-10-11-18-23-34(40)38-33(29-44-26-4-2)36(42)39-32(37(43)46-28-31-21-16-13-17-22-31)24-25-35(41)45-27-30-19-14-12-15-20-30/h2,12-17,19-22,32-33H,3,5-11,18,23-29H2,1H3,(H,38,40)(H,39,42)/t32-,33+/m1/s1. The molecule has 2 aromatic rings. The van der Waals surface area contributed by atoms with Gasteiger partial charge in [-0.25, -0.2) is 4.79 Å². The first-order chi connectivity index (χ1) is 22.4. The van der Waals surface area contributed by atoms with Crippen molar-refractivity contribution in [3.8, 4) is 12.3 Å². The summed E-state index contributed by atoms with van der Waals surface area (Å²) in [6.07, 6.45) is 15.5. The number of hydrogen-bond acceptors (Lipinski definition) is 7. The molecule has 250 valence electrons. The van der Waals surface area contributed by atoms with Gasteiger partial charge in [0.15, 0.2) is 0 Å². The zero-order valence-corrected chi connectivity index (χ0v) is 27.2. The zero-order chi connectivity index (χ0) is 33.2. The smallest absolute Gasteiger partial charge is 0.328 e. The molecule has 0 fully saturated rings. The van der Waals surface area contributed by atoms with E-state index in [0.29, 0.717) is 6.42 Å². The Labute approximate surface area is 274 Å². The van der Waals surface area contributed by atoms with Gasteiger partial charge in [-0.05, 0) is 24.0 Å². The number of nitrogens with one attached hydrogen (secondary N) is 2. The van der Waals surface area contributed by atoms with E-state index in [1.54, 1.807) is 0 Å². The molecule has 0 aromatic heterocycles. The number of carbonyl (C=O) groups excluding carboxylic acids is 4. The van der Waals surface area contributed by atoms with Gasteiger partial charge in [-0.3, -0.25) is 14.4 Å². The first-order valence-electron chi connectivity index (χ1n) is 16.4. The van der Waals surface area contributed by atoms with Crippen LogP contribution in [0.3, 0.4) is 0 Å². The van der Waals surface area contributed by atoms with Crippen LogP contribution in [0.25, 0.3) is 0 Å². The van der Waals surface area contributed by atoms with Crippen molar-refractivity contribution in [2.75, 3.05) is 13.2 Å². The van der Waals surface area contributed by atoms with E-state index in [2.05, 4.69) is 23.5 Å². The van der Waals surface area contributed by atoms with Crippen LogP contribution >= 0.6 is 0 Å². The number of amides is 2. The summed E-state index contributed by atoms with van der Waals surface area (Å²) >= 11 is 0. The molecule has 0 radical (unpaired) electrons. The number of esters is 2. The number of terminal acetylenes is 1. The highest BCUT2D eigenvalue weighted by atomic mass is 16.5. The van der Waals surface area contributed by atoms with Crippen LogP contribution < -0.4 is 10.6 Å². The predicted molar refractivity (Wildman–Crippen MR) is 177 cm³/mol. The Balaban J connectivity index is 1.95. The van der Waals surface area contributed by atoms with Gasteiger partial charge in [-0.2, -0.15) is 0 Å². The first kappa shape index (κ1) is 38.0. The van der Waals surface area contributed by atoms with E-state index in [4.69, 9.17) is 20.6 Å². The molecule has 0 spiro atoms. The van der Waals surface area contributed by atoms with Crippen molar-refractivity contribution in [1.29, 1.82) is 0 Å². The lowest BCUT2D eigenvalue weighted by atomic mass is 10.1. The van der Waals surface area contributed by atoms with Gasteiger partial charge in [0.1, 0.15) is 31.9 Å². The van der Waals surface area contributed by atoms with Gasteiger partial charge in [-0.1, -0.05) is 125 Å². The largest absolute Gasteiger partial charge is 0.461 e. The Kier molecular flexibility index (Phi) is 19.9. The van der Waals surface area contributed by atoms with Crippen LogP contribution in [0, 0.1) is 12.3 Å². The van der Waals surface area contributed by atoms with E-state index in [1.807, 2.05) is 60.7 Å². The predicted octanol–water partition coefficient (Wildman–Crippen LogP) is 5.79. The third-order valence-corrected chi connectivity index (χ3v) is 7.33. The summed E-state index contributed by atoms with van der Waals surface area (Å²) < 4.78 is 16.2. The minimum absolute atomic E-state index is 0.00528. The summed E-state index contributed by atoms with van der Waals surface area (Å²) in [5, 5.41) is 5.37. The highest BCUT2D eigenvalue weighted by Crippen LogP contribution is 2.11. The molecule has 2 N–H and O–H groups in total. The van der Waals surface area contributed by atoms with Gasteiger partial charge in [0.25, 0.3) is 0 Å². The average molecular weight is 635 g/mol. The van der Waals surface area contributed by atoms with E-state index in [0.717, 1.165) is 30.4 Å². The molecule has 0 saturated carbocycles. The second-order valence-corrected chi connectivity index (χ2v) is 11.3. The van der Waals surface area contributed by atoms with Crippen LogP contribution in [0.5, 0.6) is 0 Å². The van der Waals surface area contributed by atoms with Crippen molar-refractivity contribution in [1.82, 2.24) is 10.6 Å². The summed E-state index contributed by atoms with van der Waals surface area (Å²) in [5.41, 5.74) is 1.60. The zero-order valence-electron chi connectivity index (χ0n) is 27.2. The van der Waals surface area contributed by atoms with Gasteiger partial charge in [0.05, 0.1) is 6.61 Å². The molecule has 9 nitrogen and oxygen atoms in total. The third kappa shape index (κ3) is 17.4. The monoisotopic (exact) mass is 634 g/mol. The van der Waals surface area contributed by atoms with E-state index in [-0.39, 0.29) is 51.6 Å². The van der Waals surface area contributed by atoms with Crippen LogP contribution in [-0.4, -0.2) is 49.1 Å². The average Bonchev–Trinajstić information content (AvgIpc) is 3.07. The van der Waals surface area contributed by atoms with Gasteiger partial charge < -0.3 is 24.8 Å². The van der Waals surface area contributed by atoms with Crippen molar-refractivity contribution in [2.24, 2.45) is 0 Å². The topological polar surface area (TPSA) is 120 Å². The van der Waals surface area contributed by atoms with Gasteiger partial charge in [-0.15, -0.1) is 6.42 Å². The molecule has 2 atom stereocenters. The van der Waals surface area contributed by atoms with Crippen LogP contribution in [0.2, 0.25) is 0 Å². The first-order valence-corrected chi connectivity index (χ1v) is 16.4. The van der Waals surface area contributed by atoms with Gasteiger partial charge >= 0.3 is 11.9 Å². The molecular formula is C37H50N2O7. The Hall–Kier alpha value is -4.16. The minimum atomic E-state index is -1.16. The quantitative estimate of drug-likeness (QED) is 0.0852. The fourth-order valence-corrected chi connectivity index (χ4v) is 4.70. The summed E-state index contributed by atoms with van der Waals surface area (Å²) in [6, 6.07) is 16.1. The molecule has 9 heteroatoms. The van der Waals surface area contributed by atoms with E-state index in [9.17, 15) is 19.2 Å². The van der Waals surface area contributed by atoms with Crippen LogP contribution in [-0.2, 0) is 46.6 Å². The minimum Gasteiger partial charge on any atom is -0.461 e. The summed E-state index contributed by atoms with van der Waals surface area (Å²) in [5.74, 6) is 0.171. The Bertz CT molecular complexity index is 1200. The molecule has 0 aliphatic heterocycles. The van der Waals surface area contributed by atoms with Crippen LogP contribution in [0.1, 0.15) is 95.1 Å². The van der Waals surface area contributed by atoms with Crippen molar-refractivity contribution >= 4 is 23.8 Å². The maximum absolute atomic E-state index is 13.4. The second-order valence-electron chi connectivity index (χ2n) is 11.3. The van der Waals surface area contributed by atoms with E-state index < -0.39 is 29.9 Å². The maximum atomic E-state index is 13.4. The lowest BCUT2D eigenvalue weighted by Crippen LogP contribution is -2.53. The van der Waals surface area contributed by atoms with Crippen LogP contribution in [0.4, 0.5) is 0 Å². The second kappa shape index (κ2) is 24.1. The molecule has 0 heterocycles. The van der Waals surface area contributed by atoms with Crippen molar-refractivity contribution < 1.29 is 33.4 Å². The fourth-order valence-electron chi connectivity index (χ4n) is 4.70. The molecule has 0 bridgehead atoms. The number of unbranched alkanes of at least 4 members (excludes halogenated alkanes) is 8. The van der Waals surface area contributed by atoms with E-state index in [1.165, 1.54) is 32.1 Å². The molecule has 46 heavy (non-hydrogen) atoms. The van der Waals surface area contributed by atoms with Gasteiger partial charge in [0, 0.05) is 12.8 Å². The highest BCUT2D eigenvalue weighted by molar-refractivity contribution is 5.91. The molecule has 2 rings (SSSR count). The number of carbonyl (C=O) groups is 4. The van der Waals surface area contributed by atoms with Crippen molar-refractivity contribution in [3.05, 3.63) is 71.8 Å². The Morgan fingerprint density at radius 3 is 1.87 bits per heavy atom. The number of ether oxygens (including phenoxy) is 3. The fraction of sp³-hybridized carbons (Fsp3) is 0.514. The molecule has 2 aromatic carbocycles. The Morgan fingerprint density at radius 1 is 0.717 bits per heavy atom. The lowest BCUT2D eigenvalue weighted by molar-refractivity contribution is -0.151. The Morgan fingerprint density at radius 2 is 1.28 bits per heavy atom. The molecular weight excluding hydrogens is 584 g/mol.